The standard InChI is InChI=1S/C78H54N2S/c1-77(2)70-23-13-11-20-62(70)64-37-31-54(44-72(64)77)79(51-29-35-59-49(41-51)27-25-47-15-5-7-17-57(47)59)53-33-39-67-69(43-53)61-19-9-10-22-66(61)75-68-40-34-56(46-74(68)81-76(67)75)80(52-30-36-60-50(42-52)28-26-48-16-6-8-18-58(48)60)55-32-38-65-63-21-12-14-24-71(63)78(3,4)73(65)45-55/h5-46H,1-4H3. The van der Waals surface area contributed by atoms with Gasteiger partial charge in [0.05, 0.1) is 0 Å². The van der Waals surface area contributed by atoms with Crippen LogP contribution in [0.3, 0.4) is 0 Å². The molecule has 382 valence electrons. The quantitative estimate of drug-likeness (QED) is 0.153. The van der Waals surface area contributed by atoms with Gasteiger partial charge < -0.3 is 9.80 Å². The van der Waals surface area contributed by atoms with Gasteiger partial charge in [-0.2, -0.15) is 0 Å². The molecule has 81 heavy (non-hydrogen) atoms. The van der Waals surface area contributed by atoms with Crippen LogP contribution in [-0.2, 0) is 10.8 Å². The fourth-order valence-corrected chi connectivity index (χ4v) is 15.8. The maximum atomic E-state index is 2.49. The smallest absolute Gasteiger partial charge is 0.0476 e. The third-order valence-electron chi connectivity index (χ3n) is 18.5. The Bertz CT molecular complexity index is 5210. The molecule has 17 rings (SSSR count). The summed E-state index contributed by atoms with van der Waals surface area (Å²) < 4.78 is 2.58. The van der Waals surface area contributed by atoms with E-state index in [0.29, 0.717) is 0 Å². The molecule has 0 fully saturated rings. The summed E-state index contributed by atoms with van der Waals surface area (Å²) in [6.45, 7) is 9.51. The van der Waals surface area contributed by atoms with Gasteiger partial charge in [-0.25, -0.2) is 0 Å². The zero-order valence-corrected chi connectivity index (χ0v) is 46.4. The van der Waals surface area contributed by atoms with Crippen LogP contribution in [0.1, 0.15) is 49.9 Å². The van der Waals surface area contributed by atoms with Crippen molar-refractivity contribution in [2.75, 3.05) is 9.80 Å². The van der Waals surface area contributed by atoms with Crippen LogP contribution in [-0.4, -0.2) is 0 Å². The molecule has 0 aliphatic heterocycles. The van der Waals surface area contributed by atoms with Gasteiger partial charge in [-0.15, -0.1) is 11.3 Å². The molecular formula is C78H54N2S. The van der Waals surface area contributed by atoms with Crippen molar-refractivity contribution < 1.29 is 0 Å². The van der Waals surface area contributed by atoms with Gasteiger partial charge in [0, 0.05) is 70.5 Å². The summed E-state index contributed by atoms with van der Waals surface area (Å²) >= 11 is 1.92. The molecule has 0 radical (unpaired) electrons. The zero-order valence-electron chi connectivity index (χ0n) is 45.6. The van der Waals surface area contributed by atoms with Crippen LogP contribution < -0.4 is 9.80 Å². The third kappa shape index (κ3) is 6.73. The van der Waals surface area contributed by atoms with Crippen molar-refractivity contribution >= 4 is 130 Å². The lowest BCUT2D eigenvalue weighted by Gasteiger charge is -2.29. The van der Waals surface area contributed by atoms with Crippen LogP contribution in [0.4, 0.5) is 34.1 Å². The van der Waals surface area contributed by atoms with Gasteiger partial charge in [0.2, 0.25) is 0 Å². The summed E-state index contributed by atoms with van der Waals surface area (Å²) in [7, 11) is 0. The minimum atomic E-state index is -0.144. The third-order valence-corrected chi connectivity index (χ3v) is 19.7. The van der Waals surface area contributed by atoms with Crippen molar-refractivity contribution in [3.05, 3.63) is 277 Å². The Morgan fingerprint density at radius 3 is 1.20 bits per heavy atom. The van der Waals surface area contributed by atoms with Crippen LogP contribution in [0.25, 0.3) is 107 Å². The van der Waals surface area contributed by atoms with E-state index in [-0.39, 0.29) is 10.8 Å². The molecule has 14 aromatic carbocycles. The normalized spacial score (nSPS) is 13.9. The molecule has 0 unspecified atom stereocenters. The fraction of sp³-hybridized carbons (Fsp3) is 0.0769. The van der Waals surface area contributed by atoms with E-state index >= 15 is 0 Å². The molecule has 0 saturated carbocycles. The van der Waals surface area contributed by atoms with Crippen LogP contribution in [0.5, 0.6) is 0 Å². The molecule has 0 N–H and O–H groups in total. The van der Waals surface area contributed by atoms with Crippen LogP contribution in [0.2, 0.25) is 0 Å². The summed E-state index contributed by atoms with van der Waals surface area (Å²) in [5.74, 6) is 0. The number of hydrogen-bond donors (Lipinski definition) is 0. The number of benzene rings is 14. The number of anilines is 6. The Balaban J connectivity index is 0.851. The molecule has 2 aliphatic rings. The number of rotatable bonds is 6. The molecule has 2 nitrogen and oxygen atoms in total. The van der Waals surface area contributed by atoms with Gasteiger partial charge in [-0.3, -0.25) is 0 Å². The highest BCUT2D eigenvalue weighted by Crippen LogP contribution is 2.54. The molecule has 1 aromatic heterocycles. The second-order valence-corrected chi connectivity index (χ2v) is 24.7. The van der Waals surface area contributed by atoms with Crippen molar-refractivity contribution in [2.45, 2.75) is 38.5 Å². The van der Waals surface area contributed by atoms with E-state index in [1.54, 1.807) is 0 Å². The topological polar surface area (TPSA) is 6.48 Å². The lowest BCUT2D eigenvalue weighted by Crippen LogP contribution is -2.16. The Hall–Kier alpha value is -9.54. The van der Waals surface area contributed by atoms with Gasteiger partial charge in [0.1, 0.15) is 0 Å². The second-order valence-electron chi connectivity index (χ2n) is 23.6. The Labute approximate surface area is 475 Å². The van der Waals surface area contributed by atoms with E-state index in [1.807, 2.05) is 11.3 Å². The molecule has 1 heterocycles. The van der Waals surface area contributed by atoms with E-state index in [9.17, 15) is 0 Å². The highest BCUT2D eigenvalue weighted by atomic mass is 32.1. The maximum absolute atomic E-state index is 2.49. The van der Waals surface area contributed by atoms with E-state index in [0.717, 1.165) is 34.1 Å². The molecule has 0 saturated heterocycles. The van der Waals surface area contributed by atoms with Crippen molar-refractivity contribution in [1.29, 1.82) is 0 Å². The van der Waals surface area contributed by atoms with Gasteiger partial charge in [0.15, 0.2) is 0 Å². The van der Waals surface area contributed by atoms with E-state index < -0.39 is 0 Å². The van der Waals surface area contributed by atoms with Crippen molar-refractivity contribution in [2.24, 2.45) is 0 Å². The molecule has 0 amide bonds. The molecule has 3 heteroatoms. The van der Waals surface area contributed by atoms with Crippen molar-refractivity contribution in [3.8, 4) is 22.3 Å². The molecule has 0 spiro atoms. The minimum absolute atomic E-state index is 0.139. The highest BCUT2D eigenvalue weighted by molar-refractivity contribution is 7.27. The molecule has 2 aliphatic carbocycles. The van der Waals surface area contributed by atoms with Gasteiger partial charge in [-0.05, 0) is 177 Å². The van der Waals surface area contributed by atoms with Crippen LogP contribution in [0.15, 0.2) is 255 Å². The maximum Gasteiger partial charge on any atom is 0.0476 e. The molecule has 0 bridgehead atoms. The lowest BCUT2D eigenvalue weighted by molar-refractivity contribution is 0.660. The first kappa shape index (κ1) is 46.4. The van der Waals surface area contributed by atoms with Gasteiger partial charge in [0.25, 0.3) is 0 Å². The Morgan fingerprint density at radius 2 is 0.642 bits per heavy atom. The number of nitrogens with zero attached hydrogens (tertiary/aromatic N) is 2. The fourth-order valence-electron chi connectivity index (χ4n) is 14.5. The van der Waals surface area contributed by atoms with Crippen LogP contribution in [0, 0.1) is 0 Å². The highest BCUT2D eigenvalue weighted by Gasteiger charge is 2.37. The number of fused-ring (bicyclic) bond motifs is 20. The first-order valence-electron chi connectivity index (χ1n) is 28.4. The average molecular weight is 1050 g/mol. The SMILES string of the molecule is CC1(C)c2ccccc2-c2ccc(N(c3ccc4c(ccc5ccccc54)c3)c3ccc4c(c3)sc3c5ccc(N(c6ccc7c(c6)C(C)(C)c6ccccc6-7)c6ccc7c(ccc8ccccc87)c6)cc5c5ccccc5c43)cc21. The average Bonchev–Trinajstić information content (AvgIpc) is 4.19. The number of hydrogen-bond acceptors (Lipinski definition) is 3. The first-order chi connectivity index (χ1) is 39.7. The monoisotopic (exact) mass is 1050 g/mol. The van der Waals surface area contributed by atoms with Crippen LogP contribution >= 0.6 is 11.3 Å². The summed E-state index contributed by atoms with van der Waals surface area (Å²) in [4.78, 5) is 4.98. The van der Waals surface area contributed by atoms with E-state index in [1.165, 1.54) is 129 Å². The van der Waals surface area contributed by atoms with Crippen molar-refractivity contribution in [1.82, 2.24) is 0 Å². The zero-order chi connectivity index (χ0) is 53.9. The summed E-state index contributed by atoms with van der Waals surface area (Å²) in [6, 6.07) is 96.3. The van der Waals surface area contributed by atoms with Gasteiger partial charge >= 0.3 is 0 Å². The number of thiophene rings is 1. The first-order valence-corrected chi connectivity index (χ1v) is 29.2. The van der Waals surface area contributed by atoms with E-state index in [4.69, 9.17) is 0 Å². The Kier molecular flexibility index (Phi) is 9.73. The largest absolute Gasteiger partial charge is 0.310 e. The summed E-state index contributed by atoms with van der Waals surface area (Å²) in [5, 5.41) is 17.7. The molecule has 15 aromatic rings. The summed E-state index contributed by atoms with van der Waals surface area (Å²) in [6.07, 6.45) is 0. The molecule has 0 atom stereocenters. The second kappa shape index (κ2) is 17.0. The lowest BCUT2D eigenvalue weighted by atomic mass is 9.82. The molecular weight excluding hydrogens is 997 g/mol. The van der Waals surface area contributed by atoms with Crippen molar-refractivity contribution in [3.63, 3.8) is 0 Å². The minimum Gasteiger partial charge on any atom is -0.310 e. The van der Waals surface area contributed by atoms with Gasteiger partial charge in [-0.1, -0.05) is 210 Å². The predicted octanol–water partition coefficient (Wildman–Crippen LogP) is 22.5. The predicted molar refractivity (Wildman–Crippen MR) is 349 cm³/mol. The summed E-state index contributed by atoms with van der Waals surface area (Å²) in [5.41, 5.74) is 17.3. The van der Waals surface area contributed by atoms with E-state index in [2.05, 4.69) is 292 Å². The Morgan fingerprint density at radius 1 is 0.259 bits per heavy atom.